The largest absolute Gasteiger partial charge is 0.310 e. The lowest BCUT2D eigenvalue weighted by atomic mass is 9.89. The molecule has 0 spiro atoms. The molecule has 20 heavy (non-hydrogen) atoms. The average Bonchev–Trinajstić information content (AvgIpc) is 2.65. The van der Waals surface area contributed by atoms with Gasteiger partial charge in [0.2, 0.25) is 0 Å². The van der Waals surface area contributed by atoms with Gasteiger partial charge in [0.15, 0.2) is 0 Å². The standard InChI is InChI=1S/C18H28FN/c1-3-20-18(12-15-8-6-4-5-7-9-15)16-10-14(2)11-17(19)13-16/h10-11,13,15,18,20H,3-9,12H2,1-2H3. The van der Waals surface area contributed by atoms with E-state index in [1.54, 1.807) is 12.1 Å². The van der Waals surface area contributed by atoms with Crippen LogP contribution in [0.15, 0.2) is 18.2 Å². The lowest BCUT2D eigenvalue weighted by Crippen LogP contribution is -2.23. The van der Waals surface area contributed by atoms with Gasteiger partial charge in [0.05, 0.1) is 0 Å². The maximum absolute atomic E-state index is 13.6. The Bertz CT molecular complexity index is 388. The van der Waals surface area contributed by atoms with E-state index >= 15 is 0 Å². The number of aryl methyl sites for hydroxylation is 1. The summed E-state index contributed by atoms with van der Waals surface area (Å²) in [6.07, 6.45) is 9.35. The van der Waals surface area contributed by atoms with E-state index in [2.05, 4.69) is 18.3 Å². The maximum Gasteiger partial charge on any atom is 0.123 e. The highest BCUT2D eigenvalue weighted by Gasteiger charge is 2.19. The fraction of sp³-hybridized carbons (Fsp3) is 0.667. The van der Waals surface area contributed by atoms with Crippen LogP contribution in [0.2, 0.25) is 0 Å². The molecule has 0 amide bonds. The van der Waals surface area contributed by atoms with Gasteiger partial charge in [-0.1, -0.05) is 51.5 Å². The Balaban J connectivity index is 2.08. The molecule has 1 aliphatic carbocycles. The molecule has 0 heterocycles. The number of halogens is 1. The first-order valence-electron chi connectivity index (χ1n) is 8.19. The van der Waals surface area contributed by atoms with Crippen molar-refractivity contribution < 1.29 is 4.39 Å². The number of rotatable bonds is 5. The molecule has 1 aromatic carbocycles. The highest BCUT2D eigenvalue weighted by atomic mass is 19.1. The zero-order valence-electron chi connectivity index (χ0n) is 12.9. The monoisotopic (exact) mass is 277 g/mol. The smallest absolute Gasteiger partial charge is 0.123 e. The first-order valence-corrected chi connectivity index (χ1v) is 8.19. The minimum atomic E-state index is -0.108. The second kappa shape index (κ2) is 7.78. The summed E-state index contributed by atoms with van der Waals surface area (Å²) in [6.45, 7) is 5.04. The van der Waals surface area contributed by atoms with Crippen molar-refractivity contribution in [1.82, 2.24) is 5.32 Å². The fourth-order valence-corrected chi connectivity index (χ4v) is 3.48. The zero-order chi connectivity index (χ0) is 14.4. The van der Waals surface area contributed by atoms with Crippen molar-refractivity contribution in [3.63, 3.8) is 0 Å². The topological polar surface area (TPSA) is 12.0 Å². The molecule has 2 rings (SSSR count). The Morgan fingerprint density at radius 3 is 2.45 bits per heavy atom. The van der Waals surface area contributed by atoms with Gasteiger partial charge in [-0.25, -0.2) is 4.39 Å². The summed E-state index contributed by atoms with van der Waals surface area (Å²) in [7, 11) is 0. The molecule has 0 aliphatic heterocycles. The Kier molecular flexibility index (Phi) is 6.03. The van der Waals surface area contributed by atoms with Crippen LogP contribution < -0.4 is 5.32 Å². The summed E-state index contributed by atoms with van der Waals surface area (Å²) in [5.74, 6) is 0.689. The zero-order valence-corrected chi connectivity index (χ0v) is 12.9. The maximum atomic E-state index is 13.6. The molecule has 1 saturated carbocycles. The van der Waals surface area contributed by atoms with Crippen LogP contribution in [0.1, 0.15) is 69.0 Å². The van der Waals surface area contributed by atoms with Gasteiger partial charge in [0.1, 0.15) is 5.82 Å². The van der Waals surface area contributed by atoms with Crippen molar-refractivity contribution in [3.8, 4) is 0 Å². The lowest BCUT2D eigenvalue weighted by molar-refractivity contribution is 0.359. The van der Waals surface area contributed by atoms with Gasteiger partial charge in [0, 0.05) is 6.04 Å². The quantitative estimate of drug-likeness (QED) is 0.734. The summed E-state index contributed by atoms with van der Waals surface area (Å²) in [4.78, 5) is 0. The molecule has 0 saturated heterocycles. The van der Waals surface area contributed by atoms with E-state index in [-0.39, 0.29) is 5.82 Å². The molecule has 1 N–H and O–H groups in total. The molecule has 1 atom stereocenters. The van der Waals surface area contributed by atoms with E-state index in [9.17, 15) is 4.39 Å². The second-order valence-electron chi connectivity index (χ2n) is 6.27. The van der Waals surface area contributed by atoms with Gasteiger partial charge in [-0.05, 0) is 49.1 Å². The van der Waals surface area contributed by atoms with Crippen LogP contribution in [0.4, 0.5) is 4.39 Å². The molecule has 1 aromatic rings. The Morgan fingerprint density at radius 2 is 1.85 bits per heavy atom. The van der Waals surface area contributed by atoms with Gasteiger partial charge in [-0.15, -0.1) is 0 Å². The van der Waals surface area contributed by atoms with Crippen molar-refractivity contribution in [2.75, 3.05) is 6.54 Å². The normalized spacial score (nSPS) is 18.8. The summed E-state index contributed by atoms with van der Waals surface area (Å²) in [6, 6.07) is 5.75. The number of hydrogen-bond donors (Lipinski definition) is 1. The van der Waals surface area contributed by atoms with Crippen LogP contribution in [-0.2, 0) is 0 Å². The van der Waals surface area contributed by atoms with Crippen LogP contribution in [0.5, 0.6) is 0 Å². The number of benzene rings is 1. The Morgan fingerprint density at radius 1 is 1.15 bits per heavy atom. The molecule has 0 bridgehead atoms. The van der Waals surface area contributed by atoms with Crippen molar-refractivity contribution in [2.24, 2.45) is 5.92 Å². The third kappa shape index (κ3) is 4.59. The third-order valence-corrected chi connectivity index (χ3v) is 4.46. The molecule has 1 unspecified atom stereocenters. The van der Waals surface area contributed by atoms with E-state index in [0.717, 1.165) is 30.0 Å². The van der Waals surface area contributed by atoms with Crippen LogP contribution in [0.3, 0.4) is 0 Å². The predicted octanol–water partition coefficient (Wildman–Crippen LogP) is 5.15. The third-order valence-electron chi connectivity index (χ3n) is 4.46. The SMILES string of the molecule is CCNC(CC1CCCCCC1)c1cc(C)cc(F)c1. The number of nitrogens with one attached hydrogen (secondary N) is 1. The number of hydrogen-bond acceptors (Lipinski definition) is 1. The van der Waals surface area contributed by atoms with Crippen molar-refractivity contribution in [2.45, 2.75) is 64.8 Å². The molecule has 0 aromatic heterocycles. The minimum Gasteiger partial charge on any atom is -0.310 e. The first-order chi connectivity index (χ1) is 9.69. The van der Waals surface area contributed by atoms with Crippen LogP contribution in [-0.4, -0.2) is 6.54 Å². The summed E-state index contributed by atoms with van der Waals surface area (Å²) >= 11 is 0. The van der Waals surface area contributed by atoms with Gasteiger partial charge in [0.25, 0.3) is 0 Å². The van der Waals surface area contributed by atoms with Crippen LogP contribution in [0.25, 0.3) is 0 Å². The first kappa shape index (κ1) is 15.5. The molecular formula is C18H28FN. The minimum absolute atomic E-state index is 0.108. The molecule has 1 aliphatic rings. The molecule has 112 valence electrons. The van der Waals surface area contributed by atoms with Gasteiger partial charge >= 0.3 is 0 Å². The predicted molar refractivity (Wildman–Crippen MR) is 83.4 cm³/mol. The fourth-order valence-electron chi connectivity index (χ4n) is 3.48. The summed E-state index contributed by atoms with van der Waals surface area (Å²) < 4.78 is 13.6. The Labute approximate surface area is 123 Å². The summed E-state index contributed by atoms with van der Waals surface area (Å²) in [5, 5.41) is 3.55. The second-order valence-corrected chi connectivity index (χ2v) is 6.27. The van der Waals surface area contributed by atoms with Crippen LogP contribution in [0, 0.1) is 18.7 Å². The van der Waals surface area contributed by atoms with Gasteiger partial charge in [-0.2, -0.15) is 0 Å². The molecule has 2 heteroatoms. The van der Waals surface area contributed by atoms with E-state index in [0.29, 0.717) is 6.04 Å². The van der Waals surface area contributed by atoms with Crippen molar-refractivity contribution in [3.05, 3.63) is 35.1 Å². The van der Waals surface area contributed by atoms with E-state index < -0.39 is 0 Å². The average molecular weight is 277 g/mol. The van der Waals surface area contributed by atoms with Crippen LogP contribution >= 0.6 is 0 Å². The molecule has 0 radical (unpaired) electrons. The van der Waals surface area contributed by atoms with Gasteiger partial charge < -0.3 is 5.32 Å². The van der Waals surface area contributed by atoms with E-state index in [4.69, 9.17) is 0 Å². The molecule has 1 nitrogen and oxygen atoms in total. The van der Waals surface area contributed by atoms with E-state index in [1.165, 1.54) is 38.5 Å². The highest BCUT2D eigenvalue weighted by molar-refractivity contribution is 5.26. The Hall–Kier alpha value is -0.890. The summed E-state index contributed by atoms with van der Waals surface area (Å²) in [5.41, 5.74) is 2.14. The highest BCUT2D eigenvalue weighted by Crippen LogP contribution is 2.31. The van der Waals surface area contributed by atoms with E-state index in [1.807, 2.05) is 6.92 Å². The van der Waals surface area contributed by atoms with Crippen molar-refractivity contribution in [1.29, 1.82) is 0 Å². The van der Waals surface area contributed by atoms with Gasteiger partial charge in [-0.3, -0.25) is 0 Å². The molecule has 1 fully saturated rings. The molecular weight excluding hydrogens is 249 g/mol. The van der Waals surface area contributed by atoms with Crippen molar-refractivity contribution >= 4 is 0 Å². The lowest BCUT2D eigenvalue weighted by Gasteiger charge is -2.24.